The summed E-state index contributed by atoms with van der Waals surface area (Å²) in [5, 5.41) is 6.07. The molecule has 0 fully saturated rings. The molecular weight excluding hydrogens is 342 g/mol. The minimum atomic E-state index is -0.983. The highest BCUT2D eigenvalue weighted by Gasteiger charge is 2.26. The van der Waals surface area contributed by atoms with Gasteiger partial charge in [-0.25, -0.2) is 0 Å². The van der Waals surface area contributed by atoms with Gasteiger partial charge < -0.3 is 14.8 Å². The monoisotopic (exact) mass is 361 g/mol. The molecule has 1 atom stereocenters. The summed E-state index contributed by atoms with van der Waals surface area (Å²) in [5.74, 6) is -0.684. The highest BCUT2D eigenvalue weighted by Crippen LogP contribution is 2.14. The van der Waals surface area contributed by atoms with Gasteiger partial charge in [0.2, 0.25) is 0 Å². The molecule has 0 saturated heterocycles. The SMILES string of the molecule is CCOC(=O)CC(NC(=O)c1ccc(OC)cc1)C(=O)c1ccsc1. The summed E-state index contributed by atoms with van der Waals surface area (Å²) in [6, 6.07) is 7.15. The fourth-order valence-electron chi connectivity index (χ4n) is 2.19. The smallest absolute Gasteiger partial charge is 0.308 e. The Morgan fingerprint density at radius 2 is 1.84 bits per heavy atom. The van der Waals surface area contributed by atoms with Gasteiger partial charge in [0.1, 0.15) is 11.8 Å². The van der Waals surface area contributed by atoms with Crippen molar-refractivity contribution in [1.82, 2.24) is 5.32 Å². The van der Waals surface area contributed by atoms with Crippen LogP contribution in [0.25, 0.3) is 0 Å². The highest BCUT2D eigenvalue weighted by molar-refractivity contribution is 7.08. The maximum absolute atomic E-state index is 12.6. The van der Waals surface area contributed by atoms with Gasteiger partial charge in [-0.05, 0) is 42.6 Å². The third-order valence-corrected chi connectivity index (χ3v) is 4.14. The van der Waals surface area contributed by atoms with Crippen LogP contribution >= 0.6 is 11.3 Å². The second kappa shape index (κ2) is 8.98. The largest absolute Gasteiger partial charge is 0.497 e. The second-order valence-corrected chi connectivity index (χ2v) is 5.92. The predicted octanol–water partition coefficient (Wildman–Crippen LogP) is 2.69. The summed E-state index contributed by atoms with van der Waals surface area (Å²) in [5.41, 5.74) is 0.821. The van der Waals surface area contributed by atoms with Gasteiger partial charge in [0.15, 0.2) is 5.78 Å². The Hall–Kier alpha value is -2.67. The average molecular weight is 361 g/mol. The fraction of sp³-hybridized carbons (Fsp3) is 0.278. The molecule has 132 valence electrons. The number of hydrogen-bond donors (Lipinski definition) is 1. The van der Waals surface area contributed by atoms with Crippen molar-refractivity contribution in [2.24, 2.45) is 0 Å². The minimum Gasteiger partial charge on any atom is -0.497 e. The van der Waals surface area contributed by atoms with E-state index in [2.05, 4.69) is 5.32 Å². The number of ketones is 1. The summed E-state index contributed by atoms with van der Waals surface area (Å²) in [4.78, 5) is 36.8. The van der Waals surface area contributed by atoms with E-state index in [-0.39, 0.29) is 18.8 Å². The number of carbonyl (C=O) groups is 3. The number of Topliss-reactive ketones (excluding diaryl/α,β-unsaturated/α-hetero) is 1. The third-order valence-electron chi connectivity index (χ3n) is 3.46. The number of amides is 1. The molecule has 0 bridgehead atoms. The molecule has 0 radical (unpaired) electrons. The number of methoxy groups -OCH3 is 1. The molecule has 25 heavy (non-hydrogen) atoms. The van der Waals surface area contributed by atoms with Crippen LogP contribution in [0.5, 0.6) is 5.75 Å². The Morgan fingerprint density at radius 3 is 2.40 bits per heavy atom. The van der Waals surface area contributed by atoms with E-state index >= 15 is 0 Å². The zero-order chi connectivity index (χ0) is 18.2. The summed E-state index contributed by atoms with van der Waals surface area (Å²) < 4.78 is 9.95. The Balaban J connectivity index is 2.14. The third kappa shape index (κ3) is 5.15. The Labute approximate surface area is 149 Å². The Bertz CT molecular complexity index is 724. The maximum atomic E-state index is 12.6. The lowest BCUT2D eigenvalue weighted by molar-refractivity contribution is -0.143. The van der Waals surface area contributed by atoms with E-state index in [0.717, 1.165) is 0 Å². The molecule has 0 saturated carbocycles. The van der Waals surface area contributed by atoms with Crippen LogP contribution < -0.4 is 10.1 Å². The van der Waals surface area contributed by atoms with Crippen LogP contribution in [0.4, 0.5) is 0 Å². The summed E-state index contributed by atoms with van der Waals surface area (Å²) in [7, 11) is 1.53. The van der Waals surface area contributed by atoms with Crippen molar-refractivity contribution >= 4 is 29.0 Å². The molecule has 1 aromatic heterocycles. The second-order valence-electron chi connectivity index (χ2n) is 5.14. The molecule has 0 aliphatic heterocycles. The lowest BCUT2D eigenvalue weighted by atomic mass is 10.0. The molecule has 1 aromatic carbocycles. The van der Waals surface area contributed by atoms with Crippen molar-refractivity contribution in [3.8, 4) is 5.75 Å². The molecule has 1 amide bonds. The van der Waals surface area contributed by atoms with Crippen molar-refractivity contribution in [3.63, 3.8) is 0 Å². The first kappa shape index (κ1) is 18.7. The van der Waals surface area contributed by atoms with Crippen LogP contribution in [0.2, 0.25) is 0 Å². The van der Waals surface area contributed by atoms with Gasteiger partial charge in [0.25, 0.3) is 5.91 Å². The number of hydrogen-bond acceptors (Lipinski definition) is 6. The zero-order valence-electron chi connectivity index (χ0n) is 14.0. The Kier molecular flexibility index (Phi) is 6.71. The van der Waals surface area contributed by atoms with E-state index < -0.39 is 17.9 Å². The number of thiophene rings is 1. The maximum Gasteiger partial charge on any atom is 0.308 e. The van der Waals surface area contributed by atoms with Crippen LogP contribution in [-0.4, -0.2) is 37.4 Å². The molecule has 2 aromatic rings. The minimum absolute atomic E-state index is 0.213. The van der Waals surface area contributed by atoms with Crippen LogP contribution in [0.15, 0.2) is 41.1 Å². The van der Waals surface area contributed by atoms with E-state index in [9.17, 15) is 14.4 Å². The summed E-state index contributed by atoms with van der Waals surface area (Å²) in [6.45, 7) is 1.90. The van der Waals surface area contributed by atoms with Gasteiger partial charge in [-0.1, -0.05) is 0 Å². The van der Waals surface area contributed by atoms with E-state index in [0.29, 0.717) is 16.9 Å². The first-order valence-electron chi connectivity index (χ1n) is 7.72. The number of benzene rings is 1. The van der Waals surface area contributed by atoms with Gasteiger partial charge in [-0.2, -0.15) is 11.3 Å². The molecule has 1 unspecified atom stereocenters. The number of rotatable bonds is 8. The zero-order valence-corrected chi connectivity index (χ0v) is 14.8. The number of nitrogens with one attached hydrogen (secondary N) is 1. The molecule has 0 aliphatic rings. The van der Waals surface area contributed by atoms with Crippen molar-refractivity contribution in [1.29, 1.82) is 0 Å². The number of carbonyl (C=O) groups excluding carboxylic acids is 3. The quantitative estimate of drug-likeness (QED) is 0.577. The van der Waals surface area contributed by atoms with Crippen LogP contribution in [0, 0.1) is 0 Å². The van der Waals surface area contributed by atoms with Crippen molar-refractivity contribution in [2.45, 2.75) is 19.4 Å². The number of esters is 1. The summed E-state index contributed by atoms with van der Waals surface area (Å²) >= 11 is 1.37. The molecule has 1 N–H and O–H groups in total. The summed E-state index contributed by atoms with van der Waals surface area (Å²) in [6.07, 6.45) is -0.218. The first-order chi connectivity index (χ1) is 12.0. The molecular formula is C18H19NO5S. The van der Waals surface area contributed by atoms with E-state index in [1.807, 2.05) is 0 Å². The van der Waals surface area contributed by atoms with Gasteiger partial charge in [-0.3, -0.25) is 14.4 Å². The topological polar surface area (TPSA) is 81.7 Å². The van der Waals surface area contributed by atoms with E-state index in [1.54, 1.807) is 48.0 Å². The fourth-order valence-corrected chi connectivity index (χ4v) is 2.83. The van der Waals surface area contributed by atoms with E-state index in [1.165, 1.54) is 18.4 Å². The van der Waals surface area contributed by atoms with Crippen molar-refractivity contribution in [2.75, 3.05) is 13.7 Å². The molecule has 0 spiro atoms. The van der Waals surface area contributed by atoms with Crippen LogP contribution in [0.1, 0.15) is 34.1 Å². The van der Waals surface area contributed by atoms with Crippen LogP contribution in [-0.2, 0) is 9.53 Å². The average Bonchev–Trinajstić information content (AvgIpc) is 3.15. The lowest BCUT2D eigenvalue weighted by Crippen LogP contribution is -2.42. The normalized spacial score (nSPS) is 11.4. The molecule has 0 aliphatic carbocycles. The lowest BCUT2D eigenvalue weighted by Gasteiger charge is -2.16. The first-order valence-corrected chi connectivity index (χ1v) is 8.66. The van der Waals surface area contributed by atoms with Crippen molar-refractivity contribution < 1.29 is 23.9 Å². The van der Waals surface area contributed by atoms with Gasteiger partial charge >= 0.3 is 5.97 Å². The Morgan fingerprint density at radius 1 is 1.12 bits per heavy atom. The molecule has 6 nitrogen and oxygen atoms in total. The molecule has 2 rings (SSSR count). The van der Waals surface area contributed by atoms with Gasteiger partial charge in [-0.15, -0.1) is 0 Å². The van der Waals surface area contributed by atoms with Crippen LogP contribution in [0.3, 0.4) is 0 Å². The number of ether oxygens (including phenoxy) is 2. The predicted molar refractivity (Wildman–Crippen MR) is 94.1 cm³/mol. The van der Waals surface area contributed by atoms with Gasteiger partial charge in [0, 0.05) is 16.5 Å². The molecule has 7 heteroatoms. The van der Waals surface area contributed by atoms with Crippen molar-refractivity contribution in [3.05, 3.63) is 52.2 Å². The molecule has 1 heterocycles. The van der Waals surface area contributed by atoms with Gasteiger partial charge in [0.05, 0.1) is 20.1 Å². The standard InChI is InChI=1S/C18H19NO5S/c1-3-24-16(20)10-15(17(21)13-8-9-25-11-13)19-18(22)12-4-6-14(23-2)7-5-12/h4-9,11,15H,3,10H2,1-2H3,(H,19,22). The van der Waals surface area contributed by atoms with E-state index in [4.69, 9.17) is 9.47 Å². The highest BCUT2D eigenvalue weighted by atomic mass is 32.1.